The molecule has 10 nitrogen and oxygen atoms in total. The SMILES string of the molecule is CC(=O)C(C)(CC[C@@H]1CCCC[C@@H]1O)N=O.CC(=O)C(C)CC[C@@H]1CCCC[C@@H]1O.CC(=O)C1(C)CCC2CCCC[C@@H]2ON1[O-].[HH]. The highest BCUT2D eigenvalue weighted by molar-refractivity contribution is 5.86. The largest absolute Gasteiger partial charge is 0.761 e. The number of carbonyl (C=O) groups is 3. The van der Waals surface area contributed by atoms with Crippen LogP contribution in [-0.4, -0.2) is 62.2 Å². The Labute approximate surface area is 278 Å². The molecule has 0 bridgehead atoms. The Morgan fingerprint density at radius 2 is 1.43 bits per heavy atom. The summed E-state index contributed by atoms with van der Waals surface area (Å²) in [6, 6.07) is 0. The highest BCUT2D eigenvalue weighted by atomic mass is 16.9. The van der Waals surface area contributed by atoms with Crippen molar-refractivity contribution in [3.05, 3.63) is 10.1 Å². The number of nitroso groups, excluding NO2 is 1. The van der Waals surface area contributed by atoms with Crippen molar-refractivity contribution < 1.29 is 30.9 Å². The summed E-state index contributed by atoms with van der Waals surface area (Å²) in [6.45, 7) is 9.79. The Kier molecular flexibility index (Phi) is 17.1. The van der Waals surface area contributed by atoms with E-state index in [1.54, 1.807) is 20.8 Å². The molecule has 1 saturated heterocycles. The summed E-state index contributed by atoms with van der Waals surface area (Å²) in [5.74, 6) is 1.31. The molecule has 1 aliphatic heterocycles. The van der Waals surface area contributed by atoms with Crippen LogP contribution in [0.5, 0.6) is 0 Å². The third kappa shape index (κ3) is 12.1. The van der Waals surface area contributed by atoms with Crippen molar-refractivity contribution in [2.75, 3.05) is 0 Å². The molecule has 1 heterocycles. The van der Waals surface area contributed by atoms with E-state index in [4.69, 9.17) is 4.84 Å². The van der Waals surface area contributed by atoms with Crippen LogP contribution in [0.1, 0.15) is 159 Å². The van der Waals surface area contributed by atoms with Crippen LogP contribution < -0.4 is 0 Å². The molecular weight excluding hydrogens is 588 g/mol. The first kappa shape index (κ1) is 40.6. The molecule has 46 heavy (non-hydrogen) atoms. The predicted molar refractivity (Wildman–Crippen MR) is 182 cm³/mol. The lowest BCUT2D eigenvalue weighted by Crippen LogP contribution is -2.48. The summed E-state index contributed by atoms with van der Waals surface area (Å²) in [5, 5.41) is 34.9. The number of nitrogens with zero attached hydrogens (tertiary/aromatic N) is 2. The molecular formula is C36H65N2O8-. The topological polar surface area (TPSA) is 157 Å². The predicted octanol–water partition coefficient (Wildman–Crippen LogP) is 7.64. The van der Waals surface area contributed by atoms with Crippen molar-refractivity contribution >= 4 is 17.3 Å². The smallest absolute Gasteiger partial charge is 0.160 e. The average molecular weight is 654 g/mol. The second-order valence-corrected chi connectivity index (χ2v) is 15.1. The number of fused-ring (bicyclic) bond motifs is 1. The second-order valence-electron chi connectivity index (χ2n) is 15.1. The van der Waals surface area contributed by atoms with E-state index in [9.17, 15) is 34.7 Å². The Morgan fingerprint density at radius 3 is 1.93 bits per heavy atom. The number of aliphatic hydroxyl groups is 2. The van der Waals surface area contributed by atoms with E-state index in [2.05, 4.69) is 5.18 Å². The number of ketones is 3. The fourth-order valence-corrected chi connectivity index (χ4v) is 7.21. The molecule has 0 aromatic heterocycles. The normalized spacial score (nSPS) is 33.7. The van der Waals surface area contributed by atoms with E-state index < -0.39 is 11.1 Å². The van der Waals surface area contributed by atoms with Crippen molar-refractivity contribution in [3.8, 4) is 0 Å². The van der Waals surface area contributed by atoms with Gasteiger partial charge in [-0.05, 0) is 129 Å². The zero-order valence-corrected chi connectivity index (χ0v) is 29.5. The number of rotatable bonds is 10. The van der Waals surface area contributed by atoms with Gasteiger partial charge in [0.2, 0.25) is 0 Å². The number of hydrogen-bond donors (Lipinski definition) is 2. The molecule has 2 N–H and O–H groups in total. The number of hydrogen-bond acceptors (Lipinski definition) is 10. The maximum absolute atomic E-state index is 11.9. The lowest BCUT2D eigenvalue weighted by atomic mass is 9.80. The van der Waals surface area contributed by atoms with Crippen LogP contribution in [0.15, 0.2) is 5.18 Å². The summed E-state index contributed by atoms with van der Waals surface area (Å²) < 4.78 is 0. The van der Waals surface area contributed by atoms with Gasteiger partial charge >= 0.3 is 0 Å². The summed E-state index contributed by atoms with van der Waals surface area (Å²) in [6.07, 6.45) is 17.3. The molecule has 4 unspecified atom stereocenters. The number of hydroxylamine groups is 2. The van der Waals surface area contributed by atoms with Gasteiger partial charge < -0.3 is 20.3 Å². The van der Waals surface area contributed by atoms with Crippen LogP contribution in [0.2, 0.25) is 0 Å². The third-order valence-corrected chi connectivity index (χ3v) is 11.6. The number of aliphatic hydroxyl groups excluding tert-OH is 2. The van der Waals surface area contributed by atoms with E-state index >= 15 is 0 Å². The lowest BCUT2D eigenvalue weighted by Gasteiger charge is -2.43. The molecule has 4 fully saturated rings. The molecule has 3 saturated carbocycles. The minimum atomic E-state index is -1.10. The number of carbonyl (C=O) groups excluding carboxylic acids is 3. The molecule has 4 rings (SSSR count). The van der Waals surface area contributed by atoms with Crippen molar-refractivity contribution in [1.82, 2.24) is 5.23 Å². The standard InChI is InChI=1S/C12H20NO3.C12H21NO3.C12H22O2.H2/c1-9(14)12(2)8-7-10-5-3-4-6-11(10)16-13(12)15;1-9(14)12(2,13-16)8-7-10-5-3-4-6-11(10)15;1-9(10(2)13)7-8-11-5-3-4-6-12(11)14;/h10-11H,3-8H2,1-2H3;10-11,15H,3-8H2,1-2H3;9,11-12,14H,3-8H2,1-2H3;1H/q-1;;;/t10?,11-,12?;10-,11-,12?;9?,11-,12-;/m000./s1. The second kappa shape index (κ2) is 19.4. The maximum atomic E-state index is 11.9. The monoisotopic (exact) mass is 653 g/mol. The summed E-state index contributed by atoms with van der Waals surface area (Å²) in [5.41, 5.74) is -2.07. The molecule has 0 spiro atoms. The lowest BCUT2D eigenvalue weighted by molar-refractivity contribution is -0.219. The van der Waals surface area contributed by atoms with Crippen LogP contribution in [0.3, 0.4) is 0 Å². The van der Waals surface area contributed by atoms with Gasteiger partial charge in [-0.2, -0.15) is 0 Å². The van der Waals surface area contributed by atoms with Crippen LogP contribution in [0, 0.1) is 33.8 Å². The van der Waals surface area contributed by atoms with Crippen molar-refractivity contribution in [2.24, 2.45) is 28.8 Å². The summed E-state index contributed by atoms with van der Waals surface area (Å²) >= 11 is 0. The van der Waals surface area contributed by atoms with Gasteiger partial charge in [0, 0.05) is 7.34 Å². The molecule has 3 aliphatic carbocycles. The van der Waals surface area contributed by atoms with Gasteiger partial charge in [-0.1, -0.05) is 50.6 Å². The number of Topliss-reactive ketones (excluding diaryl/α,β-unsaturated/α-hetero) is 3. The Hall–Kier alpha value is -1.59. The van der Waals surface area contributed by atoms with Gasteiger partial charge in [0.15, 0.2) is 17.1 Å². The summed E-state index contributed by atoms with van der Waals surface area (Å²) in [7, 11) is 0. The van der Waals surface area contributed by atoms with E-state index in [1.165, 1.54) is 33.1 Å². The van der Waals surface area contributed by atoms with Gasteiger partial charge in [0.25, 0.3) is 0 Å². The van der Waals surface area contributed by atoms with Crippen molar-refractivity contribution in [3.63, 3.8) is 0 Å². The van der Waals surface area contributed by atoms with Gasteiger partial charge in [-0.25, -0.2) is 5.23 Å². The highest BCUT2D eigenvalue weighted by Gasteiger charge is 2.40. The molecule has 10 heteroatoms. The molecule has 0 aromatic carbocycles. The fraction of sp³-hybridized carbons (Fsp3) is 0.917. The van der Waals surface area contributed by atoms with Crippen LogP contribution >= 0.6 is 0 Å². The van der Waals surface area contributed by atoms with Gasteiger partial charge in [0.1, 0.15) is 5.78 Å². The van der Waals surface area contributed by atoms with Crippen LogP contribution in [-0.2, 0) is 19.2 Å². The molecule has 0 aromatic rings. The first-order valence-electron chi connectivity index (χ1n) is 18.0. The molecule has 268 valence electrons. The highest BCUT2D eigenvalue weighted by Crippen LogP contribution is 2.38. The minimum absolute atomic E-state index is 0. The van der Waals surface area contributed by atoms with Gasteiger partial charge in [-0.3, -0.25) is 14.4 Å². The van der Waals surface area contributed by atoms with E-state index in [-0.39, 0.29) is 48.9 Å². The van der Waals surface area contributed by atoms with Crippen LogP contribution in [0.25, 0.3) is 0 Å². The zero-order chi connectivity index (χ0) is 34.5. The first-order valence-corrected chi connectivity index (χ1v) is 18.0. The Bertz CT molecular complexity index is 985. The molecule has 9 atom stereocenters. The van der Waals surface area contributed by atoms with E-state index in [1.807, 2.05) is 6.92 Å². The van der Waals surface area contributed by atoms with E-state index in [0.717, 1.165) is 77.0 Å². The molecule has 4 aliphatic rings. The Balaban J connectivity index is 0.000000350. The van der Waals surface area contributed by atoms with Crippen molar-refractivity contribution in [1.29, 1.82) is 0 Å². The fourth-order valence-electron chi connectivity index (χ4n) is 7.21. The van der Waals surface area contributed by atoms with Gasteiger partial charge in [0.05, 0.1) is 23.9 Å². The van der Waals surface area contributed by atoms with Crippen molar-refractivity contribution in [2.45, 2.75) is 187 Å². The maximum Gasteiger partial charge on any atom is 0.160 e. The molecule has 0 radical (unpaired) electrons. The third-order valence-electron chi connectivity index (χ3n) is 11.6. The average Bonchev–Trinajstić information content (AvgIpc) is 3.16. The molecule has 0 amide bonds. The zero-order valence-electron chi connectivity index (χ0n) is 29.5. The van der Waals surface area contributed by atoms with E-state index in [0.29, 0.717) is 36.3 Å². The van der Waals surface area contributed by atoms with Gasteiger partial charge in [-0.15, -0.1) is 4.91 Å². The minimum Gasteiger partial charge on any atom is -0.761 e. The van der Waals surface area contributed by atoms with Crippen LogP contribution in [0.4, 0.5) is 0 Å². The Morgan fingerprint density at radius 1 is 0.913 bits per heavy atom. The summed E-state index contributed by atoms with van der Waals surface area (Å²) in [4.78, 5) is 50.0. The quantitative estimate of drug-likeness (QED) is 0.226. The first-order chi connectivity index (χ1) is 21.6.